The number of carbonyl (C=O) groups excluding carboxylic acids is 2. The zero-order valence-electron chi connectivity index (χ0n) is 21.7. The molecule has 2 aromatic heterocycles. The first-order valence-electron chi connectivity index (χ1n) is 12.8. The fourth-order valence-electron chi connectivity index (χ4n) is 4.46. The molecular weight excluding hydrogens is 478 g/mol. The molecule has 3 N–H and O–H groups in total. The van der Waals surface area contributed by atoms with E-state index in [1.807, 2.05) is 67.3 Å². The van der Waals surface area contributed by atoms with Gasteiger partial charge in [-0.1, -0.05) is 12.1 Å². The van der Waals surface area contributed by atoms with Crippen LogP contribution >= 0.6 is 0 Å². The summed E-state index contributed by atoms with van der Waals surface area (Å²) in [5.41, 5.74) is 5.02. The summed E-state index contributed by atoms with van der Waals surface area (Å²) in [6, 6.07) is 18.9. The van der Waals surface area contributed by atoms with Crippen LogP contribution in [0.2, 0.25) is 0 Å². The van der Waals surface area contributed by atoms with Crippen molar-refractivity contribution >= 4 is 34.4 Å². The monoisotopic (exact) mass is 509 g/mol. The predicted molar refractivity (Wildman–Crippen MR) is 148 cm³/mol. The Kier molecular flexibility index (Phi) is 7.28. The van der Waals surface area contributed by atoms with Gasteiger partial charge in [0.15, 0.2) is 5.82 Å². The molecule has 38 heavy (non-hydrogen) atoms. The molecule has 0 aliphatic carbocycles. The van der Waals surface area contributed by atoms with Crippen LogP contribution in [-0.2, 0) is 0 Å². The lowest BCUT2D eigenvalue weighted by atomic mass is 10.1. The highest BCUT2D eigenvalue weighted by atomic mass is 16.2. The van der Waals surface area contributed by atoms with Crippen LogP contribution in [0, 0.1) is 0 Å². The van der Waals surface area contributed by atoms with Crippen LogP contribution in [0.15, 0.2) is 67.0 Å². The van der Waals surface area contributed by atoms with E-state index in [9.17, 15) is 9.59 Å². The summed E-state index contributed by atoms with van der Waals surface area (Å²) in [4.78, 5) is 40.7. The summed E-state index contributed by atoms with van der Waals surface area (Å²) in [5, 5.41) is 9.55. The number of amides is 2. The van der Waals surface area contributed by atoms with Crippen LogP contribution in [0.5, 0.6) is 0 Å². The molecule has 9 heteroatoms. The number of hydrogen-bond donors (Lipinski definition) is 3. The molecule has 1 fully saturated rings. The predicted octanol–water partition coefficient (Wildman–Crippen LogP) is 4.01. The van der Waals surface area contributed by atoms with E-state index < -0.39 is 0 Å². The van der Waals surface area contributed by atoms with Gasteiger partial charge in [-0.05, 0) is 69.3 Å². The maximum atomic E-state index is 12.9. The summed E-state index contributed by atoms with van der Waals surface area (Å²) in [6.45, 7) is 8.16. The molecule has 0 spiro atoms. The first-order valence-corrected chi connectivity index (χ1v) is 12.8. The molecule has 1 aliphatic heterocycles. The third-order valence-electron chi connectivity index (χ3n) is 6.40. The average molecular weight is 510 g/mol. The van der Waals surface area contributed by atoms with E-state index in [0.29, 0.717) is 47.1 Å². The van der Waals surface area contributed by atoms with Crippen LogP contribution in [0.25, 0.3) is 22.3 Å². The minimum absolute atomic E-state index is 0.0453. The molecule has 1 saturated heterocycles. The van der Waals surface area contributed by atoms with Gasteiger partial charge in [0.05, 0.1) is 11.2 Å². The third-order valence-corrected chi connectivity index (χ3v) is 6.40. The number of aromatic nitrogens is 3. The second-order valence-corrected chi connectivity index (χ2v) is 9.80. The highest BCUT2D eigenvalue weighted by Crippen LogP contribution is 2.26. The van der Waals surface area contributed by atoms with Crippen molar-refractivity contribution in [3.63, 3.8) is 0 Å². The normalized spacial score (nSPS) is 15.5. The first-order chi connectivity index (χ1) is 18.4. The summed E-state index contributed by atoms with van der Waals surface area (Å²) in [7, 11) is 0. The van der Waals surface area contributed by atoms with Crippen molar-refractivity contribution in [2.75, 3.05) is 25.0 Å². The number of nitrogens with zero attached hydrogens (tertiary/aromatic N) is 4. The topological polar surface area (TPSA) is 112 Å². The molecule has 194 valence electrons. The SMILES string of the molecule is CC(C)NC(=O)c1ccc(Nc2ncnc3ccc(-c4ccc(C(=O)N5CCN[C@@H](C)C5)cc4)nc23)cc1. The smallest absolute Gasteiger partial charge is 0.253 e. The first kappa shape index (κ1) is 25.3. The molecule has 9 nitrogen and oxygen atoms in total. The van der Waals surface area contributed by atoms with Gasteiger partial charge in [-0.3, -0.25) is 9.59 Å². The maximum Gasteiger partial charge on any atom is 0.253 e. The number of anilines is 2. The van der Waals surface area contributed by atoms with E-state index in [2.05, 4.69) is 32.8 Å². The van der Waals surface area contributed by atoms with E-state index in [-0.39, 0.29) is 17.9 Å². The molecule has 0 saturated carbocycles. The van der Waals surface area contributed by atoms with Gasteiger partial charge >= 0.3 is 0 Å². The minimum atomic E-state index is -0.111. The fraction of sp³-hybridized carbons (Fsp3) is 0.276. The van der Waals surface area contributed by atoms with E-state index in [4.69, 9.17) is 4.98 Å². The number of piperazine rings is 1. The Balaban J connectivity index is 1.36. The van der Waals surface area contributed by atoms with Crippen LogP contribution < -0.4 is 16.0 Å². The summed E-state index contributed by atoms with van der Waals surface area (Å²) in [6.07, 6.45) is 1.49. The molecule has 0 unspecified atom stereocenters. The second-order valence-electron chi connectivity index (χ2n) is 9.80. The molecule has 0 radical (unpaired) electrons. The fourth-order valence-corrected chi connectivity index (χ4v) is 4.46. The molecule has 2 aromatic carbocycles. The van der Waals surface area contributed by atoms with Crippen LogP contribution in [-0.4, -0.2) is 63.4 Å². The Bertz CT molecular complexity index is 1450. The number of nitrogens with one attached hydrogen (secondary N) is 3. The van der Waals surface area contributed by atoms with E-state index >= 15 is 0 Å². The van der Waals surface area contributed by atoms with Crippen molar-refractivity contribution < 1.29 is 9.59 Å². The highest BCUT2D eigenvalue weighted by molar-refractivity contribution is 5.96. The summed E-state index contributed by atoms with van der Waals surface area (Å²) < 4.78 is 0. The van der Waals surface area contributed by atoms with Crippen molar-refractivity contribution in [3.05, 3.63) is 78.1 Å². The molecule has 5 rings (SSSR count). The third kappa shape index (κ3) is 5.63. The molecule has 0 bridgehead atoms. The van der Waals surface area contributed by atoms with Crippen molar-refractivity contribution in [3.8, 4) is 11.3 Å². The number of carbonyl (C=O) groups is 2. The van der Waals surface area contributed by atoms with Gasteiger partial charge in [-0.2, -0.15) is 0 Å². The summed E-state index contributed by atoms with van der Waals surface area (Å²) >= 11 is 0. The summed E-state index contributed by atoms with van der Waals surface area (Å²) in [5.74, 6) is 0.500. The quantitative estimate of drug-likeness (QED) is 0.360. The van der Waals surface area contributed by atoms with Crippen LogP contribution in [0.3, 0.4) is 0 Å². The van der Waals surface area contributed by atoms with Crippen LogP contribution in [0.1, 0.15) is 41.5 Å². The van der Waals surface area contributed by atoms with Crippen molar-refractivity contribution in [1.29, 1.82) is 0 Å². The van der Waals surface area contributed by atoms with E-state index in [1.54, 1.807) is 12.1 Å². The molecule has 1 aliphatic rings. The number of pyridine rings is 1. The van der Waals surface area contributed by atoms with Crippen molar-refractivity contribution in [2.24, 2.45) is 0 Å². The Morgan fingerprint density at radius 2 is 1.71 bits per heavy atom. The number of hydrogen-bond acceptors (Lipinski definition) is 7. The molecular formula is C29H31N7O2. The number of rotatable bonds is 6. The Morgan fingerprint density at radius 1 is 0.974 bits per heavy atom. The van der Waals surface area contributed by atoms with Gasteiger partial charge in [0, 0.05) is 54.1 Å². The lowest BCUT2D eigenvalue weighted by molar-refractivity contribution is 0.0709. The van der Waals surface area contributed by atoms with Gasteiger partial charge in [0.25, 0.3) is 11.8 Å². The van der Waals surface area contributed by atoms with Crippen LogP contribution in [0.4, 0.5) is 11.5 Å². The van der Waals surface area contributed by atoms with Crippen molar-refractivity contribution in [1.82, 2.24) is 30.5 Å². The zero-order valence-corrected chi connectivity index (χ0v) is 21.7. The second kappa shape index (κ2) is 10.9. The van der Waals surface area contributed by atoms with Gasteiger partial charge in [0.2, 0.25) is 0 Å². The van der Waals surface area contributed by atoms with Gasteiger partial charge < -0.3 is 20.9 Å². The average Bonchev–Trinajstić information content (AvgIpc) is 2.93. The largest absolute Gasteiger partial charge is 0.350 e. The van der Waals surface area contributed by atoms with E-state index in [0.717, 1.165) is 23.5 Å². The van der Waals surface area contributed by atoms with Gasteiger partial charge in [-0.15, -0.1) is 0 Å². The highest BCUT2D eigenvalue weighted by Gasteiger charge is 2.21. The molecule has 2 amide bonds. The maximum absolute atomic E-state index is 12.9. The number of benzene rings is 2. The Hall–Kier alpha value is -4.37. The number of fused-ring (bicyclic) bond motifs is 1. The van der Waals surface area contributed by atoms with Gasteiger partial charge in [-0.25, -0.2) is 15.0 Å². The lowest BCUT2D eigenvalue weighted by Gasteiger charge is -2.32. The Morgan fingerprint density at radius 3 is 2.42 bits per heavy atom. The van der Waals surface area contributed by atoms with Gasteiger partial charge in [0.1, 0.15) is 11.8 Å². The Labute approximate surface area is 221 Å². The lowest BCUT2D eigenvalue weighted by Crippen LogP contribution is -2.51. The molecule has 4 aromatic rings. The molecule has 3 heterocycles. The molecule has 1 atom stereocenters. The van der Waals surface area contributed by atoms with E-state index in [1.165, 1.54) is 6.33 Å². The zero-order chi connectivity index (χ0) is 26.6. The van der Waals surface area contributed by atoms with Crippen molar-refractivity contribution in [2.45, 2.75) is 32.9 Å². The minimum Gasteiger partial charge on any atom is -0.350 e. The standard InChI is InChI=1S/C29H31N7O2/c1-18(2)33-28(37)21-8-10-23(11-9-21)34-27-26-25(31-17-32-27)13-12-24(35-26)20-4-6-22(7-5-20)29(38)36-15-14-30-19(3)16-36/h4-13,17-19,30H,14-16H2,1-3H3,(H,33,37)(H,31,32,34)/t19-/m0/s1.